The van der Waals surface area contributed by atoms with Crippen molar-refractivity contribution < 1.29 is 15.2 Å². The van der Waals surface area contributed by atoms with E-state index in [-0.39, 0.29) is 17.4 Å². The fourth-order valence-corrected chi connectivity index (χ4v) is 2.11. The molecule has 22 heavy (non-hydrogen) atoms. The third-order valence-corrected chi connectivity index (χ3v) is 2.99. The molecule has 1 aromatic heterocycles. The number of benzene rings is 1. The average molecular weight is 298 g/mol. The van der Waals surface area contributed by atoms with Crippen molar-refractivity contribution in [1.82, 2.24) is 4.98 Å². The predicted octanol–water partition coefficient (Wildman–Crippen LogP) is 1.35. The Balaban J connectivity index is 2.56. The number of anilines is 2. The number of carbonyl (C=O) groups excluding carboxylic acids is 1. The second-order valence-corrected chi connectivity index (χ2v) is 4.73. The van der Waals surface area contributed by atoms with E-state index in [0.29, 0.717) is 11.3 Å². The van der Waals surface area contributed by atoms with E-state index in [0.717, 1.165) is 5.56 Å². The van der Waals surface area contributed by atoms with Crippen LogP contribution in [0.2, 0.25) is 0 Å². The van der Waals surface area contributed by atoms with Gasteiger partial charge in [0.05, 0.1) is 17.3 Å². The zero-order valence-electron chi connectivity index (χ0n) is 12.1. The molecule has 0 spiro atoms. The Morgan fingerprint density at radius 1 is 1.41 bits per heavy atom. The van der Waals surface area contributed by atoms with Crippen molar-refractivity contribution in [3.63, 3.8) is 0 Å². The van der Waals surface area contributed by atoms with Gasteiger partial charge in [0.2, 0.25) is 5.91 Å². The lowest BCUT2D eigenvalue weighted by molar-refractivity contribution is -0.991. The summed E-state index contributed by atoms with van der Waals surface area (Å²) in [5, 5.41) is 28.1. The van der Waals surface area contributed by atoms with Gasteiger partial charge in [0, 0.05) is 25.3 Å². The number of nitrogens with zero attached hydrogens (tertiary/aromatic N) is 3. The van der Waals surface area contributed by atoms with Crippen LogP contribution in [0.15, 0.2) is 36.5 Å². The van der Waals surface area contributed by atoms with Crippen LogP contribution in [0.5, 0.6) is 0 Å². The van der Waals surface area contributed by atoms with Crippen LogP contribution < -0.4 is 10.1 Å². The number of amides is 1. The number of aryl methyl sites for hydroxylation is 1. The lowest BCUT2D eigenvalue weighted by atomic mass is 10.1. The lowest BCUT2D eigenvalue weighted by Crippen LogP contribution is -2.99. The number of hydrogen-bond donors (Lipinski definition) is 2. The van der Waals surface area contributed by atoms with Gasteiger partial charge >= 0.3 is 0 Å². The average Bonchev–Trinajstić information content (AvgIpc) is 2.46. The molecule has 2 N–H and O–H groups in total. The van der Waals surface area contributed by atoms with E-state index in [1.807, 2.05) is 13.0 Å². The number of pyridine rings is 1. The first-order valence-corrected chi connectivity index (χ1v) is 6.44. The molecule has 0 saturated heterocycles. The van der Waals surface area contributed by atoms with Gasteiger partial charge in [-0.1, -0.05) is 0 Å². The molecule has 1 atom stereocenters. The fourth-order valence-electron chi connectivity index (χ4n) is 2.11. The summed E-state index contributed by atoms with van der Waals surface area (Å²) in [5.74, 6) is -0.133. The minimum absolute atomic E-state index is 0.0319. The van der Waals surface area contributed by atoms with Crippen LogP contribution in [0.4, 0.5) is 17.2 Å². The van der Waals surface area contributed by atoms with Gasteiger partial charge in [0.25, 0.3) is 0 Å². The molecular weight excluding hydrogens is 284 g/mol. The zero-order valence-corrected chi connectivity index (χ0v) is 12.1. The van der Waals surface area contributed by atoms with Crippen LogP contribution in [0, 0.1) is 23.5 Å². The van der Waals surface area contributed by atoms with Crippen LogP contribution in [0.1, 0.15) is 18.1 Å². The van der Waals surface area contributed by atoms with Crippen LogP contribution in [-0.4, -0.2) is 16.1 Å². The molecule has 0 aliphatic rings. The summed E-state index contributed by atoms with van der Waals surface area (Å²) in [6.07, 6.45) is 1.33. The van der Waals surface area contributed by atoms with Crippen molar-refractivity contribution in [3.8, 4) is 6.07 Å². The van der Waals surface area contributed by atoms with Gasteiger partial charge in [-0.15, -0.1) is 0 Å². The summed E-state index contributed by atoms with van der Waals surface area (Å²) in [5.41, 5.74) is 1.73. The second kappa shape index (κ2) is 6.32. The summed E-state index contributed by atoms with van der Waals surface area (Å²) < 4.78 is 0. The van der Waals surface area contributed by atoms with Gasteiger partial charge in [-0.3, -0.25) is 9.69 Å². The molecule has 1 heterocycles. The smallest absolute Gasteiger partial charge is 0.229 e. The molecule has 7 heteroatoms. The highest BCUT2D eigenvalue weighted by atomic mass is 16.8. The molecule has 0 saturated carbocycles. The van der Waals surface area contributed by atoms with E-state index in [9.17, 15) is 10.0 Å². The number of rotatable bonds is 3. The van der Waals surface area contributed by atoms with Gasteiger partial charge in [-0.25, -0.2) is 10.2 Å². The lowest BCUT2D eigenvalue weighted by Gasteiger charge is -2.22. The first kappa shape index (κ1) is 15.6. The molecule has 1 amide bonds. The second-order valence-electron chi connectivity index (χ2n) is 4.73. The molecule has 1 unspecified atom stereocenters. The van der Waals surface area contributed by atoms with Crippen molar-refractivity contribution in [2.45, 2.75) is 13.8 Å². The molecule has 0 aliphatic heterocycles. The number of aromatic nitrogens is 1. The van der Waals surface area contributed by atoms with Crippen LogP contribution in [0.3, 0.4) is 0 Å². The molecular formula is C15H14N4O3. The van der Waals surface area contributed by atoms with Gasteiger partial charge in [-0.2, -0.15) is 10.5 Å². The number of quaternary nitrogens is 1. The standard InChI is InChI=1S/C15H14N4O3/c1-10-5-12(9-16)7-14(6-10)18(11(2)20)15-8-13(19(21)22)3-4-17-15/h3-8,19,21H,1-2H3. The van der Waals surface area contributed by atoms with Gasteiger partial charge in [0.15, 0.2) is 5.69 Å². The summed E-state index contributed by atoms with van der Waals surface area (Å²) in [6, 6.07) is 9.69. The third-order valence-electron chi connectivity index (χ3n) is 2.99. The highest BCUT2D eigenvalue weighted by molar-refractivity contribution is 5.98. The first-order chi connectivity index (χ1) is 10.4. The van der Waals surface area contributed by atoms with E-state index in [1.54, 1.807) is 18.2 Å². The summed E-state index contributed by atoms with van der Waals surface area (Å²) in [7, 11) is 0. The maximum Gasteiger partial charge on any atom is 0.229 e. The van der Waals surface area contributed by atoms with Crippen molar-refractivity contribution in [3.05, 3.63) is 52.9 Å². The molecule has 2 aromatic rings. The number of nitrogens with one attached hydrogen (secondary N) is 1. The van der Waals surface area contributed by atoms with Crippen LogP contribution in [0.25, 0.3) is 0 Å². The maximum atomic E-state index is 12.0. The van der Waals surface area contributed by atoms with Gasteiger partial charge in [-0.05, 0) is 30.7 Å². The number of carbonyl (C=O) groups is 1. The molecule has 1 aromatic carbocycles. The third kappa shape index (κ3) is 3.27. The van der Waals surface area contributed by atoms with Crippen molar-refractivity contribution in [2.24, 2.45) is 0 Å². The van der Waals surface area contributed by atoms with Gasteiger partial charge < -0.3 is 5.21 Å². The van der Waals surface area contributed by atoms with E-state index in [1.165, 1.54) is 30.2 Å². The molecule has 0 radical (unpaired) electrons. The van der Waals surface area contributed by atoms with E-state index >= 15 is 0 Å². The van der Waals surface area contributed by atoms with E-state index in [4.69, 9.17) is 10.5 Å². The van der Waals surface area contributed by atoms with E-state index in [2.05, 4.69) is 4.98 Å². The first-order valence-electron chi connectivity index (χ1n) is 6.44. The normalized spacial score (nSPS) is 11.6. The summed E-state index contributed by atoms with van der Waals surface area (Å²) in [6.45, 7) is 3.16. The molecule has 0 aliphatic carbocycles. The Bertz CT molecular complexity index is 753. The Labute approximate surface area is 127 Å². The van der Waals surface area contributed by atoms with Gasteiger partial charge in [0.1, 0.15) is 5.82 Å². The minimum Gasteiger partial charge on any atom is -0.595 e. The Kier molecular flexibility index (Phi) is 4.48. The zero-order chi connectivity index (χ0) is 16.3. The largest absolute Gasteiger partial charge is 0.595 e. The quantitative estimate of drug-likeness (QED) is 0.832. The van der Waals surface area contributed by atoms with E-state index < -0.39 is 5.23 Å². The molecule has 0 fully saturated rings. The topological polar surface area (TPSA) is 105 Å². The SMILES string of the molecule is CC(=O)N(c1cc(C)cc(C#N)c1)c1cc([NH+]([O-])O)ccn1. The summed E-state index contributed by atoms with van der Waals surface area (Å²) in [4.78, 5) is 17.3. The molecule has 112 valence electrons. The number of nitriles is 1. The highest BCUT2D eigenvalue weighted by Gasteiger charge is 2.18. The summed E-state index contributed by atoms with van der Waals surface area (Å²) >= 11 is 0. The molecule has 2 rings (SSSR count). The molecule has 7 nitrogen and oxygen atoms in total. The monoisotopic (exact) mass is 298 g/mol. The van der Waals surface area contributed by atoms with Crippen molar-refractivity contribution in [1.29, 1.82) is 5.26 Å². The van der Waals surface area contributed by atoms with Crippen LogP contribution in [-0.2, 0) is 4.79 Å². The highest BCUT2D eigenvalue weighted by Crippen LogP contribution is 2.27. The maximum absolute atomic E-state index is 12.0. The Morgan fingerprint density at radius 2 is 2.14 bits per heavy atom. The van der Waals surface area contributed by atoms with Crippen molar-refractivity contribution in [2.75, 3.05) is 4.90 Å². The minimum atomic E-state index is -1.10. The predicted molar refractivity (Wildman–Crippen MR) is 78.7 cm³/mol. The van der Waals surface area contributed by atoms with Crippen LogP contribution >= 0.6 is 0 Å². The van der Waals surface area contributed by atoms with Crippen molar-refractivity contribution >= 4 is 23.1 Å². The Hall–Kier alpha value is -2.79. The number of hydrogen-bond acceptors (Lipinski definition) is 5. The Morgan fingerprint density at radius 3 is 2.73 bits per heavy atom. The molecule has 0 bridgehead atoms. The fraction of sp³-hybridized carbons (Fsp3) is 0.133.